The molecule has 10 nitrogen and oxygen atoms in total. The van der Waals surface area contributed by atoms with Crippen LogP contribution in [-0.4, -0.2) is 61.4 Å². The molecule has 0 fully saturated rings. The Kier molecular flexibility index (Phi) is 8.57. The molecular weight excluding hydrogens is 675 g/mol. The topological polar surface area (TPSA) is 121 Å². The molecule has 0 saturated carbocycles. The van der Waals surface area contributed by atoms with Gasteiger partial charge in [-0.25, -0.2) is 24.5 Å². The summed E-state index contributed by atoms with van der Waals surface area (Å²) in [5, 5.41) is 18.6. The largest absolute Gasteiger partial charge is 0.464 e. The summed E-state index contributed by atoms with van der Waals surface area (Å²) in [5.74, 6) is -0.970. The van der Waals surface area contributed by atoms with Crippen LogP contribution in [0.4, 0.5) is 10.5 Å². The van der Waals surface area contributed by atoms with Crippen LogP contribution in [0.5, 0.6) is 0 Å². The predicted molar refractivity (Wildman–Crippen MR) is 141 cm³/mol. The minimum Gasteiger partial charge on any atom is -0.464 e. The van der Waals surface area contributed by atoms with Crippen molar-refractivity contribution >= 4 is 83.0 Å². The number of anilines is 1. The fourth-order valence-corrected chi connectivity index (χ4v) is 5.07. The molecule has 1 aromatic carbocycles. The zero-order valence-electron chi connectivity index (χ0n) is 18.5. The van der Waals surface area contributed by atoms with E-state index in [0.717, 1.165) is 10.0 Å². The van der Waals surface area contributed by atoms with E-state index >= 15 is 0 Å². The van der Waals surface area contributed by atoms with E-state index < -0.39 is 17.9 Å². The molecule has 0 saturated heterocycles. The quantitative estimate of drug-likeness (QED) is 0.329. The van der Waals surface area contributed by atoms with Gasteiger partial charge in [-0.3, -0.25) is 9.59 Å². The molecule has 0 unspecified atom stereocenters. The Morgan fingerprint density at radius 2 is 1.91 bits per heavy atom. The van der Waals surface area contributed by atoms with Crippen molar-refractivity contribution in [3.8, 4) is 5.82 Å². The van der Waals surface area contributed by atoms with Crippen molar-refractivity contribution in [1.29, 1.82) is 0 Å². The Hall–Kier alpha value is -2.48. The van der Waals surface area contributed by atoms with Crippen LogP contribution in [0.2, 0.25) is 5.02 Å². The molecule has 14 heteroatoms. The maximum atomic E-state index is 13.5. The van der Waals surface area contributed by atoms with Gasteiger partial charge in [0.05, 0.1) is 16.3 Å². The molecule has 3 rings (SSSR count). The Bertz CT molecular complexity index is 1330. The number of rotatable bonds is 5. The number of carbonyl (C=O) groups excluding carboxylic acids is 2. The molecule has 2 N–H and O–H groups in total. The molecule has 184 valence electrons. The van der Waals surface area contributed by atoms with E-state index in [-0.39, 0.29) is 34.3 Å². The summed E-state index contributed by atoms with van der Waals surface area (Å²) >= 11 is 16.4. The van der Waals surface area contributed by atoms with Crippen molar-refractivity contribution in [2.75, 3.05) is 18.9 Å². The maximum Gasteiger partial charge on any atom is 0.426 e. The normalized spacial score (nSPS) is 10.7. The van der Waals surface area contributed by atoms with E-state index in [1.807, 2.05) is 0 Å². The van der Waals surface area contributed by atoms with E-state index in [0.29, 0.717) is 19.1 Å². The Labute approximate surface area is 230 Å². The van der Waals surface area contributed by atoms with Crippen molar-refractivity contribution in [3.05, 3.63) is 65.9 Å². The van der Waals surface area contributed by atoms with Crippen molar-refractivity contribution in [3.63, 3.8) is 0 Å². The van der Waals surface area contributed by atoms with Gasteiger partial charge in [0.2, 0.25) is 0 Å². The number of hydrazine groups is 1. The summed E-state index contributed by atoms with van der Waals surface area (Å²) in [4.78, 5) is 42.6. The number of benzene rings is 1. The summed E-state index contributed by atoms with van der Waals surface area (Å²) in [6, 6.07) is 6.42. The van der Waals surface area contributed by atoms with Gasteiger partial charge in [-0.1, -0.05) is 27.5 Å². The molecule has 2 aromatic heterocycles. The number of amides is 3. The first-order valence-electron chi connectivity index (χ1n) is 9.92. The highest BCUT2D eigenvalue weighted by Gasteiger charge is 2.29. The van der Waals surface area contributed by atoms with Crippen LogP contribution in [0.25, 0.3) is 5.82 Å². The number of carboxylic acid groups (broad SMARTS) is 1. The molecule has 35 heavy (non-hydrogen) atoms. The Morgan fingerprint density at radius 3 is 2.51 bits per heavy atom. The standard InChI is InChI=1S/C21H18Br3ClN6O4/c1-4-30(29(3)21(34)35)20(33)12-8-11(22)9-13(23)15(12)27-19(32)16-10(2)17(24)28-31(16)18-14(25)6-5-7-26-18/h5-9H,4H2,1-3H3,(H,27,32)(H,34,35). The molecule has 0 aliphatic rings. The van der Waals surface area contributed by atoms with Crippen LogP contribution in [0.1, 0.15) is 33.3 Å². The van der Waals surface area contributed by atoms with E-state index in [4.69, 9.17) is 11.6 Å². The second kappa shape index (κ2) is 11.1. The van der Waals surface area contributed by atoms with Crippen molar-refractivity contribution in [1.82, 2.24) is 24.8 Å². The number of carbonyl (C=O) groups is 3. The SMILES string of the molecule is CCN(C(=O)c1cc(Br)cc(Br)c1NC(=O)c1c(C)c(Br)nn1-c1ncccc1Cl)N(C)C(=O)O. The lowest BCUT2D eigenvalue weighted by atomic mass is 10.1. The fourth-order valence-electron chi connectivity index (χ4n) is 3.20. The average molecular weight is 694 g/mol. The van der Waals surface area contributed by atoms with E-state index in [1.165, 1.54) is 24.0 Å². The summed E-state index contributed by atoms with van der Waals surface area (Å²) in [5.41, 5.74) is 0.871. The summed E-state index contributed by atoms with van der Waals surface area (Å²) in [7, 11) is 1.26. The molecule has 3 amide bonds. The van der Waals surface area contributed by atoms with Crippen LogP contribution in [0.3, 0.4) is 0 Å². The number of hydrogen-bond donors (Lipinski definition) is 2. The molecule has 0 bridgehead atoms. The zero-order chi connectivity index (χ0) is 26.0. The lowest BCUT2D eigenvalue weighted by Crippen LogP contribution is -2.47. The third-order valence-electron chi connectivity index (χ3n) is 4.92. The van der Waals surface area contributed by atoms with Gasteiger partial charge in [-0.2, -0.15) is 5.10 Å². The molecule has 0 aliphatic heterocycles. The average Bonchev–Trinajstić information content (AvgIpc) is 3.09. The third-order valence-corrected chi connectivity index (χ3v) is 7.05. The second-order valence-corrected chi connectivity index (χ2v) is 10.0. The smallest absolute Gasteiger partial charge is 0.426 e. The Morgan fingerprint density at radius 1 is 1.23 bits per heavy atom. The van der Waals surface area contributed by atoms with Gasteiger partial charge in [0.25, 0.3) is 11.8 Å². The number of nitrogens with zero attached hydrogens (tertiary/aromatic N) is 5. The molecule has 0 spiro atoms. The number of nitrogens with one attached hydrogen (secondary N) is 1. The first-order chi connectivity index (χ1) is 16.5. The monoisotopic (exact) mass is 690 g/mol. The Balaban J connectivity index is 2.10. The fraction of sp³-hybridized carbons (Fsp3) is 0.190. The van der Waals surface area contributed by atoms with Crippen LogP contribution >= 0.6 is 59.4 Å². The lowest BCUT2D eigenvalue weighted by molar-refractivity contribution is 0.0144. The lowest BCUT2D eigenvalue weighted by Gasteiger charge is -2.29. The van der Waals surface area contributed by atoms with Crippen LogP contribution in [0, 0.1) is 6.92 Å². The first-order valence-corrected chi connectivity index (χ1v) is 12.7. The van der Waals surface area contributed by atoms with Gasteiger partial charge in [0.1, 0.15) is 10.3 Å². The number of hydrogen-bond acceptors (Lipinski definition) is 5. The third kappa shape index (κ3) is 5.52. The highest BCUT2D eigenvalue weighted by Crippen LogP contribution is 2.33. The van der Waals surface area contributed by atoms with E-state index in [2.05, 4.69) is 63.2 Å². The van der Waals surface area contributed by atoms with Gasteiger partial charge in [-0.05, 0) is 70.0 Å². The number of halogens is 4. The first kappa shape index (κ1) is 27.1. The van der Waals surface area contributed by atoms with Crippen molar-refractivity contribution in [2.24, 2.45) is 0 Å². The van der Waals surface area contributed by atoms with Crippen LogP contribution < -0.4 is 5.32 Å². The van der Waals surface area contributed by atoms with Crippen molar-refractivity contribution < 1.29 is 19.5 Å². The summed E-state index contributed by atoms with van der Waals surface area (Å²) < 4.78 is 2.66. The highest BCUT2D eigenvalue weighted by atomic mass is 79.9. The van der Waals surface area contributed by atoms with Gasteiger partial charge in [0, 0.05) is 34.3 Å². The predicted octanol–water partition coefficient (Wildman–Crippen LogP) is 5.76. The van der Waals surface area contributed by atoms with Crippen molar-refractivity contribution in [2.45, 2.75) is 13.8 Å². The molecule has 0 aliphatic carbocycles. The van der Waals surface area contributed by atoms with Gasteiger partial charge in [-0.15, -0.1) is 0 Å². The zero-order valence-corrected chi connectivity index (χ0v) is 24.0. The highest BCUT2D eigenvalue weighted by molar-refractivity contribution is 9.11. The maximum absolute atomic E-state index is 13.5. The van der Waals surface area contributed by atoms with Crippen LogP contribution in [-0.2, 0) is 0 Å². The second-order valence-electron chi connectivity index (χ2n) is 7.08. The van der Waals surface area contributed by atoms with Crippen LogP contribution in [0.15, 0.2) is 44.0 Å². The molecule has 3 aromatic rings. The molecule has 0 atom stereocenters. The number of pyridine rings is 1. The molecule has 2 heterocycles. The molecule has 0 radical (unpaired) electrons. The number of aromatic nitrogens is 3. The summed E-state index contributed by atoms with van der Waals surface area (Å²) in [6.45, 7) is 3.41. The van der Waals surface area contributed by atoms with Gasteiger partial charge >= 0.3 is 6.09 Å². The molecular formula is C21H18Br3ClN6O4. The van der Waals surface area contributed by atoms with Gasteiger partial charge in [0.15, 0.2) is 5.82 Å². The van der Waals surface area contributed by atoms with Gasteiger partial charge < -0.3 is 10.4 Å². The summed E-state index contributed by atoms with van der Waals surface area (Å²) in [6.07, 6.45) is 0.213. The minimum atomic E-state index is -1.31. The minimum absolute atomic E-state index is 0.0632. The van der Waals surface area contributed by atoms with E-state index in [1.54, 1.807) is 32.0 Å². The van der Waals surface area contributed by atoms with E-state index in [9.17, 15) is 19.5 Å².